The third kappa shape index (κ3) is 3.94. The van der Waals surface area contributed by atoms with Crippen LogP contribution in [0.3, 0.4) is 0 Å². The minimum atomic E-state index is -0.265. The summed E-state index contributed by atoms with van der Waals surface area (Å²) in [5, 5.41) is 14.9. The fraction of sp³-hybridized carbons (Fsp3) is 0.625. The molecule has 1 aliphatic heterocycles. The van der Waals surface area contributed by atoms with E-state index in [9.17, 15) is 10.1 Å². The lowest BCUT2D eigenvalue weighted by atomic mass is 10.0. The summed E-state index contributed by atoms with van der Waals surface area (Å²) >= 11 is 0. The Bertz CT molecular complexity index is 484. The molecule has 1 aliphatic rings. The normalized spacial score (nSPS) is 18.5. The molecule has 5 heteroatoms. The van der Waals surface area contributed by atoms with Gasteiger partial charge in [0.2, 0.25) is 0 Å². The second kappa shape index (κ2) is 7.41. The van der Waals surface area contributed by atoms with Crippen molar-refractivity contribution in [1.29, 1.82) is 0 Å². The Balaban J connectivity index is 2.26. The first-order chi connectivity index (χ1) is 10.1. The fourth-order valence-corrected chi connectivity index (χ4v) is 3.11. The summed E-state index contributed by atoms with van der Waals surface area (Å²) in [6.45, 7) is 6.83. The van der Waals surface area contributed by atoms with Crippen LogP contribution in [0.25, 0.3) is 0 Å². The molecule has 0 bridgehead atoms. The zero-order chi connectivity index (χ0) is 15.2. The second-order valence-electron chi connectivity index (χ2n) is 5.79. The quantitative estimate of drug-likeness (QED) is 0.645. The molecule has 1 aromatic rings. The van der Waals surface area contributed by atoms with Crippen LogP contribution in [-0.4, -0.2) is 30.6 Å². The van der Waals surface area contributed by atoms with Gasteiger partial charge in [-0.2, -0.15) is 0 Å². The number of hydrogen-bond acceptors (Lipinski definition) is 4. The molecule has 1 fully saturated rings. The summed E-state index contributed by atoms with van der Waals surface area (Å²) in [4.78, 5) is 13.3. The summed E-state index contributed by atoms with van der Waals surface area (Å²) in [5.74, 6) is 0. The number of piperidine rings is 1. The number of nitro benzene ring substituents is 1. The number of benzene rings is 1. The third-order valence-corrected chi connectivity index (χ3v) is 4.08. The maximum absolute atomic E-state index is 11.3. The highest BCUT2D eigenvalue weighted by molar-refractivity contribution is 5.67. The van der Waals surface area contributed by atoms with E-state index < -0.39 is 0 Å². The van der Waals surface area contributed by atoms with Gasteiger partial charge in [0.1, 0.15) is 5.69 Å². The van der Waals surface area contributed by atoms with E-state index in [1.807, 2.05) is 13.0 Å². The number of para-hydroxylation sites is 1. The molecule has 1 aromatic carbocycles. The molecular weight excluding hydrogens is 266 g/mol. The molecule has 0 spiro atoms. The highest BCUT2D eigenvalue weighted by Gasteiger charge is 2.24. The van der Waals surface area contributed by atoms with Gasteiger partial charge < -0.3 is 10.2 Å². The molecule has 21 heavy (non-hydrogen) atoms. The van der Waals surface area contributed by atoms with Crippen molar-refractivity contribution < 1.29 is 4.92 Å². The highest BCUT2D eigenvalue weighted by atomic mass is 16.6. The molecule has 1 N–H and O–H groups in total. The van der Waals surface area contributed by atoms with Gasteiger partial charge in [-0.25, -0.2) is 0 Å². The van der Waals surface area contributed by atoms with Gasteiger partial charge in [-0.05, 0) is 38.3 Å². The number of rotatable bonds is 6. The Morgan fingerprint density at radius 2 is 2.24 bits per heavy atom. The summed E-state index contributed by atoms with van der Waals surface area (Å²) in [6.07, 6.45) is 4.61. The van der Waals surface area contributed by atoms with Gasteiger partial charge in [0.15, 0.2) is 0 Å². The predicted molar refractivity (Wildman–Crippen MR) is 86.0 cm³/mol. The zero-order valence-corrected chi connectivity index (χ0v) is 13.0. The van der Waals surface area contributed by atoms with E-state index in [1.54, 1.807) is 12.1 Å². The molecular formula is C16H25N3O2. The van der Waals surface area contributed by atoms with Crippen molar-refractivity contribution in [1.82, 2.24) is 5.32 Å². The van der Waals surface area contributed by atoms with E-state index in [4.69, 9.17) is 0 Å². The van der Waals surface area contributed by atoms with E-state index in [0.29, 0.717) is 6.04 Å². The van der Waals surface area contributed by atoms with Crippen molar-refractivity contribution in [3.05, 3.63) is 33.9 Å². The van der Waals surface area contributed by atoms with E-state index in [0.717, 1.165) is 43.7 Å². The van der Waals surface area contributed by atoms with Crippen LogP contribution in [0.1, 0.15) is 38.2 Å². The average Bonchev–Trinajstić information content (AvgIpc) is 2.47. The van der Waals surface area contributed by atoms with Crippen molar-refractivity contribution in [2.75, 3.05) is 24.5 Å². The molecule has 0 radical (unpaired) electrons. The second-order valence-corrected chi connectivity index (χ2v) is 5.79. The summed E-state index contributed by atoms with van der Waals surface area (Å²) in [6, 6.07) is 5.77. The lowest BCUT2D eigenvalue weighted by Crippen LogP contribution is -2.44. The van der Waals surface area contributed by atoms with Gasteiger partial charge in [-0.1, -0.05) is 25.5 Å². The topological polar surface area (TPSA) is 58.4 Å². The molecule has 5 nitrogen and oxygen atoms in total. The van der Waals surface area contributed by atoms with Crippen molar-refractivity contribution in [3.8, 4) is 0 Å². The number of nitrogens with one attached hydrogen (secondary N) is 1. The molecule has 0 saturated carbocycles. The molecule has 1 saturated heterocycles. The number of anilines is 1. The van der Waals surface area contributed by atoms with Gasteiger partial charge in [-0.15, -0.1) is 0 Å². The smallest absolute Gasteiger partial charge is 0.292 e. The first kappa shape index (κ1) is 15.8. The monoisotopic (exact) mass is 291 g/mol. The Morgan fingerprint density at radius 3 is 2.86 bits per heavy atom. The van der Waals surface area contributed by atoms with Crippen LogP contribution in [-0.2, 0) is 0 Å². The van der Waals surface area contributed by atoms with E-state index in [1.165, 1.54) is 12.8 Å². The first-order valence-corrected chi connectivity index (χ1v) is 7.85. The van der Waals surface area contributed by atoms with Crippen LogP contribution in [0.4, 0.5) is 11.4 Å². The SMILES string of the molecule is CCCN(CC1CCCCN1)c1c(C)cccc1[N+](=O)[O-]. The van der Waals surface area contributed by atoms with Gasteiger partial charge in [0.05, 0.1) is 4.92 Å². The standard InChI is InChI=1S/C16H25N3O2/c1-3-11-18(12-14-8-4-5-10-17-14)16-13(2)7-6-9-15(16)19(20)21/h6-7,9,14,17H,3-5,8,10-12H2,1-2H3. The zero-order valence-electron chi connectivity index (χ0n) is 13.0. The molecule has 0 aromatic heterocycles. The predicted octanol–water partition coefficient (Wildman–Crippen LogP) is 3.26. The molecule has 1 unspecified atom stereocenters. The van der Waals surface area contributed by atoms with Crippen molar-refractivity contribution in [3.63, 3.8) is 0 Å². The maximum Gasteiger partial charge on any atom is 0.292 e. The van der Waals surface area contributed by atoms with Gasteiger partial charge >= 0.3 is 0 Å². The Labute approximate surface area is 126 Å². The largest absolute Gasteiger partial charge is 0.364 e. The molecule has 1 heterocycles. The number of aryl methyl sites for hydroxylation is 1. The lowest BCUT2D eigenvalue weighted by Gasteiger charge is -2.32. The Hall–Kier alpha value is -1.62. The molecule has 2 rings (SSSR count). The minimum absolute atomic E-state index is 0.222. The number of hydrogen-bond donors (Lipinski definition) is 1. The van der Waals surface area contributed by atoms with E-state index in [2.05, 4.69) is 17.1 Å². The summed E-state index contributed by atoms with van der Waals surface area (Å²) in [7, 11) is 0. The molecule has 116 valence electrons. The van der Waals surface area contributed by atoms with E-state index >= 15 is 0 Å². The first-order valence-electron chi connectivity index (χ1n) is 7.85. The van der Waals surface area contributed by atoms with Crippen molar-refractivity contribution in [2.24, 2.45) is 0 Å². The van der Waals surface area contributed by atoms with Crippen LogP contribution in [0.5, 0.6) is 0 Å². The van der Waals surface area contributed by atoms with Gasteiger partial charge in [-0.3, -0.25) is 10.1 Å². The van der Waals surface area contributed by atoms with Crippen LogP contribution in [0.2, 0.25) is 0 Å². The average molecular weight is 291 g/mol. The van der Waals surface area contributed by atoms with Crippen LogP contribution < -0.4 is 10.2 Å². The Kier molecular flexibility index (Phi) is 5.56. The number of nitrogens with zero attached hydrogens (tertiary/aromatic N) is 2. The third-order valence-electron chi connectivity index (χ3n) is 4.08. The van der Waals surface area contributed by atoms with Crippen molar-refractivity contribution in [2.45, 2.75) is 45.6 Å². The van der Waals surface area contributed by atoms with Crippen molar-refractivity contribution >= 4 is 11.4 Å². The Morgan fingerprint density at radius 1 is 1.43 bits per heavy atom. The fourth-order valence-electron chi connectivity index (χ4n) is 3.11. The van der Waals surface area contributed by atoms with Crippen LogP contribution in [0, 0.1) is 17.0 Å². The highest BCUT2D eigenvalue weighted by Crippen LogP contribution is 2.32. The summed E-state index contributed by atoms with van der Waals surface area (Å²) < 4.78 is 0. The molecule has 0 aliphatic carbocycles. The van der Waals surface area contributed by atoms with Crippen LogP contribution in [0.15, 0.2) is 18.2 Å². The molecule has 0 amide bonds. The van der Waals surface area contributed by atoms with Gasteiger partial charge in [0, 0.05) is 25.2 Å². The summed E-state index contributed by atoms with van der Waals surface area (Å²) in [5.41, 5.74) is 1.99. The lowest BCUT2D eigenvalue weighted by molar-refractivity contribution is -0.384. The minimum Gasteiger partial charge on any atom is -0.364 e. The number of nitro groups is 1. The van der Waals surface area contributed by atoms with Gasteiger partial charge in [0.25, 0.3) is 5.69 Å². The van der Waals surface area contributed by atoms with Crippen LogP contribution >= 0.6 is 0 Å². The van der Waals surface area contributed by atoms with E-state index in [-0.39, 0.29) is 10.6 Å². The molecule has 1 atom stereocenters. The maximum atomic E-state index is 11.3.